The van der Waals surface area contributed by atoms with Crippen molar-refractivity contribution in [2.24, 2.45) is 0 Å². The number of hydrogen-bond acceptors (Lipinski definition) is 8. The molecule has 42 heavy (non-hydrogen) atoms. The molecule has 2 N–H and O–H groups in total. The van der Waals surface area contributed by atoms with Gasteiger partial charge in [0.1, 0.15) is 11.5 Å². The van der Waals surface area contributed by atoms with Gasteiger partial charge in [-0.05, 0) is 55.0 Å². The van der Waals surface area contributed by atoms with E-state index in [9.17, 15) is 38.9 Å². The molecule has 0 heterocycles. The van der Waals surface area contributed by atoms with E-state index >= 15 is 0 Å². The van der Waals surface area contributed by atoms with Crippen molar-refractivity contribution in [2.75, 3.05) is 0 Å². The molecule has 0 aliphatic carbocycles. The van der Waals surface area contributed by atoms with Gasteiger partial charge in [-0.1, -0.05) is 123 Å². The molecule has 0 radical (unpaired) electrons. The summed E-state index contributed by atoms with van der Waals surface area (Å²) >= 11 is 0. The topological polar surface area (TPSA) is 167 Å². The summed E-state index contributed by atoms with van der Waals surface area (Å²) < 4.78 is 22.0. The van der Waals surface area contributed by atoms with Gasteiger partial charge < -0.3 is 38.9 Å². The van der Waals surface area contributed by atoms with E-state index in [1.807, 2.05) is 83.1 Å². The first-order chi connectivity index (χ1) is 17.4. The van der Waals surface area contributed by atoms with Gasteiger partial charge in [0.05, 0.1) is 0 Å². The Balaban J connectivity index is 0. The van der Waals surface area contributed by atoms with Gasteiger partial charge in [-0.3, -0.25) is 0 Å². The fourth-order valence-corrected chi connectivity index (χ4v) is 5.56. The summed E-state index contributed by atoms with van der Waals surface area (Å²) in [6, 6.07) is 6.47. The molecule has 0 amide bonds. The van der Waals surface area contributed by atoms with Crippen LogP contribution in [0.2, 0.25) is 0 Å². The second kappa shape index (κ2) is 15.6. The van der Waals surface area contributed by atoms with Crippen LogP contribution in [0.15, 0.2) is 24.3 Å². The van der Waals surface area contributed by atoms with Gasteiger partial charge in [0.2, 0.25) is 0 Å². The van der Waals surface area contributed by atoms with Gasteiger partial charge >= 0.3 is 75.5 Å². The Labute approximate surface area is 312 Å². The zero-order valence-corrected chi connectivity index (χ0v) is 33.6. The first-order valence-electron chi connectivity index (χ1n) is 13.2. The van der Waals surface area contributed by atoms with E-state index in [0.29, 0.717) is 33.4 Å². The monoisotopic (exact) mass is 676 g/mol. The molecule has 228 valence electrons. The summed E-state index contributed by atoms with van der Waals surface area (Å²) in [5, 5.41) is 20.9. The third-order valence-electron chi connectivity index (χ3n) is 6.32. The second-order valence-electron chi connectivity index (χ2n) is 14.6. The SMILES string of the molecule is CC(C)(C)c1cc(CP(=O)([O-])[O-])cc(C(C)(C)C)c1O.CC(C)(C)c1cc(CP(=O)([O-])[O-])cc(C(C)(C)C)c1O.[Ca+2].[Ca+2]. The fraction of sp³-hybridized carbons (Fsp3) is 0.600. The predicted octanol–water partition coefficient (Wildman–Crippen LogP) is 4.04. The summed E-state index contributed by atoms with van der Waals surface area (Å²) in [7, 11) is -9.26. The summed E-state index contributed by atoms with van der Waals surface area (Å²) in [5.74, 6) is 0.362. The van der Waals surface area contributed by atoms with E-state index < -0.39 is 27.5 Å². The van der Waals surface area contributed by atoms with E-state index in [1.165, 1.54) is 0 Å². The third kappa shape index (κ3) is 14.5. The Hall–Kier alpha value is 0.859. The van der Waals surface area contributed by atoms with Crippen LogP contribution in [-0.2, 0) is 43.1 Å². The molecule has 2 aromatic rings. The number of rotatable bonds is 4. The first-order valence-corrected chi connectivity index (χ1v) is 16.6. The second-order valence-corrected chi connectivity index (χ2v) is 17.7. The van der Waals surface area contributed by atoms with Crippen LogP contribution in [0.1, 0.15) is 116 Å². The maximum atomic E-state index is 11.0. The average Bonchev–Trinajstić information content (AvgIpc) is 2.65. The van der Waals surface area contributed by atoms with Crippen molar-refractivity contribution in [3.05, 3.63) is 57.6 Å². The van der Waals surface area contributed by atoms with Crippen LogP contribution in [0.3, 0.4) is 0 Å². The van der Waals surface area contributed by atoms with E-state index in [-0.39, 0.29) is 109 Å². The van der Waals surface area contributed by atoms with Crippen molar-refractivity contribution in [3.8, 4) is 11.5 Å². The maximum absolute atomic E-state index is 11.0. The fourth-order valence-electron chi connectivity index (χ4n) is 4.31. The Morgan fingerprint density at radius 2 is 0.667 bits per heavy atom. The largest absolute Gasteiger partial charge is 2.00 e. The summed E-state index contributed by atoms with van der Waals surface area (Å²) in [6.07, 6.45) is -1.06. The molecule has 0 unspecified atom stereocenters. The predicted molar refractivity (Wildman–Crippen MR) is 165 cm³/mol. The summed E-state index contributed by atoms with van der Waals surface area (Å²) in [6.45, 7) is 23.2. The van der Waals surface area contributed by atoms with Gasteiger partial charge in [-0.25, -0.2) is 0 Å². The number of benzene rings is 2. The molecule has 0 aliphatic heterocycles. The number of hydrogen-bond donors (Lipinski definition) is 2. The minimum Gasteiger partial charge on any atom is -0.810 e. The molecule has 0 aliphatic rings. The van der Waals surface area contributed by atoms with Crippen LogP contribution in [-0.4, -0.2) is 85.7 Å². The minimum absolute atomic E-state index is 0. The first kappa shape index (κ1) is 45.0. The van der Waals surface area contributed by atoms with E-state index in [1.54, 1.807) is 24.3 Å². The molecular formula is C30H46Ca2O8P2. The van der Waals surface area contributed by atoms with Crippen molar-refractivity contribution < 1.29 is 38.9 Å². The zero-order valence-electron chi connectivity index (χ0n) is 27.4. The molecular weight excluding hydrogens is 630 g/mol. The molecule has 0 saturated carbocycles. The van der Waals surface area contributed by atoms with Gasteiger partial charge in [0.25, 0.3) is 0 Å². The molecule has 12 heteroatoms. The molecule has 0 atom stereocenters. The molecule has 0 fully saturated rings. The molecule has 0 saturated heterocycles. The van der Waals surface area contributed by atoms with E-state index in [0.717, 1.165) is 0 Å². The number of phenolic OH excluding ortho intramolecular Hbond substituents is 2. The van der Waals surface area contributed by atoms with Crippen LogP contribution < -0.4 is 19.6 Å². The van der Waals surface area contributed by atoms with Gasteiger partial charge in [0, 0.05) is 12.3 Å². The standard InChI is InChI=1S/2C15H25O4P.2Ca/c2*1-14(2,3)11-7-10(9-20(17,18)19)8-12(13(11)16)15(4,5)6;;/h2*7-8,16H,9H2,1-6H3,(H2,17,18,19);;/q;;2*+2/p-4. The van der Waals surface area contributed by atoms with Crippen molar-refractivity contribution in [2.45, 2.75) is 117 Å². The van der Waals surface area contributed by atoms with Crippen LogP contribution in [0.25, 0.3) is 0 Å². The molecule has 2 rings (SSSR count). The van der Waals surface area contributed by atoms with Crippen LogP contribution in [0, 0.1) is 0 Å². The van der Waals surface area contributed by atoms with E-state index in [2.05, 4.69) is 0 Å². The van der Waals surface area contributed by atoms with Crippen LogP contribution in [0.5, 0.6) is 11.5 Å². The Morgan fingerprint density at radius 3 is 0.786 bits per heavy atom. The smallest absolute Gasteiger partial charge is 0.810 e. The summed E-state index contributed by atoms with van der Waals surface area (Å²) in [5.41, 5.74) is 2.16. The van der Waals surface area contributed by atoms with Gasteiger partial charge in [0.15, 0.2) is 0 Å². The molecule has 2 aromatic carbocycles. The third-order valence-corrected chi connectivity index (χ3v) is 7.83. The zero-order chi connectivity index (χ0) is 31.9. The molecule has 0 spiro atoms. The quantitative estimate of drug-likeness (QED) is 0.362. The Bertz CT molecular complexity index is 1130. The normalized spacial score (nSPS) is 13.0. The molecule has 0 aromatic heterocycles. The Morgan fingerprint density at radius 1 is 0.500 bits per heavy atom. The van der Waals surface area contributed by atoms with Crippen LogP contribution >= 0.6 is 15.2 Å². The molecule has 0 bridgehead atoms. The average molecular weight is 677 g/mol. The number of aromatic hydroxyl groups is 2. The minimum atomic E-state index is -4.63. The van der Waals surface area contributed by atoms with Crippen molar-refractivity contribution in [1.29, 1.82) is 0 Å². The Kier molecular flexibility index (Phi) is 16.7. The van der Waals surface area contributed by atoms with Gasteiger partial charge in [-0.2, -0.15) is 0 Å². The van der Waals surface area contributed by atoms with E-state index in [4.69, 9.17) is 0 Å². The van der Waals surface area contributed by atoms with Gasteiger partial charge in [-0.15, -0.1) is 0 Å². The van der Waals surface area contributed by atoms with Crippen molar-refractivity contribution >= 4 is 90.7 Å². The van der Waals surface area contributed by atoms with Crippen molar-refractivity contribution in [3.63, 3.8) is 0 Å². The van der Waals surface area contributed by atoms with Crippen molar-refractivity contribution in [1.82, 2.24) is 0 Å². The number of phenols is 2. The molecule has 8 nitrogen and oxygen atoms in total. The van der Waals surface area contributed by atoms with Crippen LogP contribution in [0.4, 0.5) is 0 Å². The summed E-state index contributed by atoms with van der Waals surface area (Å²) in [4.78, 5) is 44.1. The maximum Gasteiger partial charge on any atom is 2.00 e.